The van der Waals surface area contributed by atoms with E-state index in [1.165, 1.54) is 0 Å². The van der Waals surface area contributed by atoms with Gasteiger partial charge in [-0.3, -0.25) is 0 Å². The average molecular weight is 278 g/mol. The molecule has 0 amide bonds. The zero-order valence-corrected chi connectivity index (χ0v) is 12.3. The number of carbonyl (C=O) groups is 1. The topological polar surface area (TPSA) is 26.3 Å². The maximum Gasteiger partial charge on any atom is 0.338 e. The van der Waals surface area contributed by atoms with Gasteiger partial charge in [0.25, 0.3) is 0 Å². The lowest BCUT2D eigenvalue weighted by atomic mass is 10.0. The summed E-state index contributed by atoms with van der Waals surface area (Å²) in [5.41, 5.74) is 4.74. The van der Waals surface area contributed by atoms with Crippen molar-refractivity contribution in [2.75, 3.05) is 0 Å². The van der Waals surface area contributed by atoms with Gasteiger partial charge in [-0.2, -0.15) is 0 Å². The maximum atomic E-state index is 11.4. The van der Waals surface area contributed by atoms with Gasteiger partial charge in [-0.05, 0) is 42.7 Å². The fourth-order valence-corrected chi connectivity index (χ4v) is 1.86. The summed E-state index contributed by atoms with van der Waals surface area (Å²) >= 11 is 0. The number of rotatable bonds is 4. The fraction of sp³-hybridized carbons (Fsp3) is 0.105. The Kier molecular flexibility index (Phi) is 4.39. The van der Waals surface area contributed by atoms with Gasteiger partial charge in [0.1, 0.15) is 5.75 Å². The highest BCUT2D eigenvalue weighted by Gasteiger charge is 2.05. The Bertz CT molecular complexity index is 677. The van der Waals surface area contributed by atoms with Crippen LogP contribution in [0.3, 0.4) is 0 Å². The Morgan fingerprint density at radius 1 is 0.857 bits per heavy atom. The molecule has 0 N–H and O–H groups in total. The van der Waals surface area contributed by atoms with Crippen LogP contribution in [0, 0.1) is 0 Å². The molecule has 0 fully saturated rings. The molecule has 106 valence electrons. The predicted molar refractivity (Wildman–Crippen MR) is 87.0 cm³/mol. The van der Waals surface area contributed by atoms with E-state index in [-0.39, 0.29) is 0 Å². The van der Waals surface area contributed by atoms with Crippen LogP contribution < -0.4 is 4.74 Å². The molecule has 0 saturated carbocycles. The van der Waals surface area contributed by atoms with Crippen molar-refractivity contribution in [1.29, 1.82) is 0 Å². The van der Waals surface area contributed by atoms with Crippen molar-refractivity contribution in [3.8, 4) is 16.9 Å². The van der Waals surface area contributed by atoms with Gasteiger partial charge in [0.05, 0.1) is 0 Å². The van der Waals surface area contributed by atoms with E-state index in [9.17, 15) is 4.79 Å². The lowest BCUT2D eigenvalue weighted by Crippen LogP contribution is -2.07. The van der Waals surface area contributed by atoms with Crippen LogP contribution in [0.1, 0.15) is 19.4 Å². The SMILES string of the molecule is C=C(C)C(=O)Oc1ccc(-c2ccc(C(=C)C)cc2)cc1. The molecule has 2 aromatic rings. The van der Waals surface area contributed by atoms with Gasteiger partial charge in [0.15, 0.2) is 0 Å². The van der Waals surface area contributed by atoms with Crippen molar-refractivity contribution in [3.63, 3.8) is 0 Å². The monoisotopic (exact) mass is 278 g/mol. The second-order valence-corrected chi connectivity index (χ2v) is 5.05. The molecule has 0 saturated heterocycles. The van der Waals surface area contributed by atoms with Crippen molar-refractivity contribution in [3.05, 3.63) is 72.8 Å². The third-order valence-corrected chi connectivity index (χ3v) is 3.12. The molecule has 0 heterocycles. The van der Waals surface area contributed by atoms with Crippen LogP contribution in [0.5, 0.6) is 5.75 Å². The third-order valence-electron chi connectivity index (χ3n) is 3.12. The number of benzene rings is 2. The Morgan fingerprint density at radius 3 is 1.76 bits per heavy atom. The van der Waals surface area contributed by atoms with Crippen molar-refractivity contribution in [2.24, 2.45) is 0 Å². The van der Waals surface area contributed by atoms with E-state index in [4.69, 9.17) is 4.74 Å². The summed E-state index contributed by atoms with van der Waals surface area (Å²) in [5.74, 6) is 0.110. The highest BCUT2D eigenvalue weighted by atomic mass is 16.5. The number of allylic oxidation sites excluding steroid dienone is 1. The van der Waals surface area contributed by atoms with Crippen molar-refractivity contribution in [2.45, 2.75) is 13.8 Å². The molecule has 2 rings (SSSR count). The van der Waals surface area contributed by atoms with Gasteiger partial charge in [-0.25, -0.2) is 4.79 Å². The first kappa shape index (κ1) is 14.8. The maximum absolute atomic E-state index is 11.4. The molecule has 0 aliphatic carbocycles. The Morgan fingerprint density at radius 2 is 1.33 bits per heavy atom. The van der Waals surface area contributed by atoms with Crippen LogP contribution in [-0.4, -0.2) is 5.97 Å². The van der Waals surface area contributed by atoms with E-state index in [0.717, 1.165) is 22.3 Å². The smallest absolute Gasteiger partial charge is 0.338 e. The normalized spacial score (nSPS) is 10.0. The Balaban J connectivity index is 2.16. The zero-order chi connectivity index (χ0) is 15.4. The molecule has 21 heavy (non-hydrogen) atoms. The van der Waals surface area contributed by atoms with E-state index < -0.39 is 5.97 Å². The quantitative estimate of drug-likeness (QED) is 0.453. The molecule has 0 spiro atoms. The molecule has 0 atom stereocenters. The molecule has 0 unspecified atom stereocenters. The van der Waals surface area contributed by atoms with E-state index >= 15 is 0 Å². The van der Waals surface area contributed by atoms with Crippen molar-refractivity contribution >= 4 is 11.5 Å². The lowest BCUT2D eigenvalue weighted by Gasteiger charge is -2.07. The summed E-state index contributed by atoms with van der Waals surface area (Å²) in [7, 11) is 0. The van der Waals surface area contributed by atoms with Gasteiger partial charge in [0, 0.05) is 5.57 Å². The second-order valence-electron chi connectivity index (χ2n) is 5.05. The average Bonchev–Trinajstić information content (AvgIpc) is 2.48. The highest BCUT2D eigenvalue weighted by Crippen LogP contribution is 2.24. The highest BCUT2D eigenvalue weighted by molar-refractivity contribution is 5.88. The van der Waals surface area contributed by atoms with Crippen LogP contribution in [0.25, 0.3) is 16.7 Å². The molecular formula is C19H18O2. The van der Waals surface area contributed by atoms with Gasteiger partial charge >= 0.3 is 5.97 Å². The second kappa shape index (κ2) is 6.23. The predicted octanol–water partition coefficient (Wildman–Crippen LogP) is 4.87. The van der Waals surface area contributed by atoms with Gasteiger partial charge in [0.2, 0.25) is 0 Å². The van der Waals surface area contributed by atoms with E-state index in [2.05, 4.69) is 25.3 Å². The van der Waals surface area contributed by atoms with Crippen molar-refractivity contribution < 1.29 is 9.53 Å². The Labute approximate surface area is 125 Å². The number of hydrogen-bond acceptors (Lipinski definition) is 2. The summed E-state index contributed by atoms with van der Waals surface area (Å²) in [4.78, 5) is 11.4. The minimum atomic E-state index is -0.409. The molecule has 0 aliphatic rings. The largest absolute Gasteiger partial charge is 0.423 e. The van der Waals surface area contributed by atoms with Gasteiger partial charge < -0.3 is 4.74 Å². The fourth-order valence-electron chi connectivity index (χ4n) is 1.86. The van der Waals surface area contributed by atoms with Gasteiger partial charge in [-0.1, -0.05) is 55.1 Å². The van der Waals surface area contributed by atoms with Crippen LogP contribution in [0.15, 0.2) is 67.3 Å². The van der Waals surface area contributed by atoms with Crippen LogP contribution in [0.2, 0.25) is 0 Å². The minimum Gasteiger partial charge on any atom is -0.423 e. The molecule has 0 bridgehead atoms. The summed E-state index contributed by atoms with van der Waals surface area (Å²) in [5, 5.41) is 0. The molecule has 2 aromatic carbocycles. The number of ether oxygens (including phenoxy) is 1. The first-order valence-corrected chi connectivity index (χ1v) is 6.71. The van der Waals surface area contributed by atoms with Crippen LogP contribution >= 0.6 is 0 Å². The number of carbonyl (C=O) groups excluding carboxylic acids is 1. The Hall–Kier alpha value is -2.61. The van der Waals surface area contributed by atoms with E-state index in [0.29, 0.717) is 11.3 Å². The zero-order valence-electron chi connectivity index (χ0n) is 12.3. The van der Waals surface area contributed by atoms with E-state index in [1.807, 2.05) is 31.2 Å². The molecule has 2 nitrogen and oxygen atoms in total. The minimum absolute atomic E-state index is 0.384. The third kappa shape index (κ3) is 3.69. The standard InChI is InChI=1S/C19H18O2/c1-13(2)15-5-7-16(8-6-15)17-9-11-18(12-10-17)21-19(20)14(3)4/h5-12H,1,3H2,2,4H3. The van der Waals surface area contributed by atoms with Crippen LogP contribution in [0.4, 0.5) is 0 Å². The molecule has 0 radical (unpaired) electrons. The molecular weight excluding hydrogens is 260 g/mol. The van der Waals surface area contributed by atoms with E-state index in [1.54, 1.807) is 19.1 Å². The summed E-state index contributed by atoms with van der Waals surface area (Å²) < 4.78 is 5.17. The van der Waals surface area contributed by atoms with Crippen LogP contribution in [-0.2, 0) is 4.79 Å². The number of hydrogen-bond donors (Lipinski definition) is 0. The van der Waals surface area contributed by atoms with Gasteiger partial charge in [-0.15, -0.1) is 0 Å². The molecule has 2 heteroatoms. The lowest BCUT2D eigenvalue weighted by molar-refractivity contribution is -0.130. The molecule has 0 aromatic heterocycles. The first-order valence-electron chi connectivity index (χ1n) is 6.71. The summed E-state index contributed by atoms with van der Waals surface area (Å²) in [6, 6.07) is 15.6. The first-order chi connectivity index (χ1) is 9.97. The summed E-state index contributed by atoms with van der Waals surface area (Å²) in [6.45, 7) is 11.1. The number of esters is 1. The van der Waals surface area contributed by atoms with Crippen molar-refractivity contribution in [1.82, 2.24) is 0 Å². The molecule has 0 aliphatic heterocycles. The summed E-state index contributed by atoms with van der Waals surface area (Å²) in [6.07, 6.45) is 0.